The predicted octanol–water partition coefficient (Wildman–Crippen LogP) is 2.47. The van der Waals surface area contributed by atoms with Crippen LogP contribution in [-0.2, 0) is 20.9 Å². The standard InChI is InChI=1S/C21H18FN3O4/c1-12-6-7-14(9-16(12)22)25-10-13(8-19(25)26)21(28)29-11-18-23-17-5-3-2-4-15(17)20(27)24-18/h2-7,9,13H,8,10-11H2,1H3,(H,23,24,27)/t13-/m1/s1. The Bertz CT molecular complexity index is 1170. The number of fused-ring (bicyclic) bond motifs is 1. The number of rotatable bonds is 4. The third-order valence-corrected chi connectivity index (χ3v) is 4.94. The molecular formula is C21H18FN3O4. The maximum absolute atomic E-state index is 13.8. The van der Waals surface area contributed by atoms with Crippen LogP contribution in [0.2, 0.25) is 0 Å². The lowest BCUT2D eigenvalue weighted by Gasteiger charge is -2.17. The van der Waals surface area contributed by atoms with Gasteiger partial charge in [0, 0.05) is 18.7 Å². The summed E-state index contributed by atoms with van der Waals surface area (Å²) in [5.41, 5.74) is 1.08. The number of amides is 1. The van der Waals surface area contributed by atoms with Crippen LogP contribution in [0.4, 0.5) is 10.1 Å². The third-order valence-electron chi connectivity index (χ3n) is 4.94. The minimum absolute atomic E-state index is 0.0179. The molecule has 1 saturated heterocycles. The zero-order chi connectivity index (χ0) is 20.5. The number of para-hydroxylation sites is 1. The number of ether oxygens (including phenoxy) is 1. The Morgan fingerprint density at radius 3 is 2.86 bits per heavy atom. The fourth-order valence-corrected chi connectivity index (χ4v) is 3.33. The van der Waals surface area contributed by atoms with Crippen LogP contribution in [0.5, 0.6) is 0 Å². The van der Waals surface area contributed by atoms with Crippen molar-refractivity contribution in [3.8, 4) is 0 Å². The number of carbonyl (C=O) groups is 2. The van der Waals surface area contributed by atoms with E-state index in [1.54, 1.807) is 43.3 Å². The minimum atomic E-state index is -0.668. The highest BCUT2D eigenvalue weighted by Crippen LogP contribution is 2.27. The van der Waals surface area contributed by atoms with E-state index in [2.05, 4.69) is 9.97 Å². The van der Waals surface area contributed by atoms with Crippen LogP contribution in [0.25, 0.3) is 10.9 Å². The van der Waals surface area contributed by atoms with E-state index < -0.39 is 17.7 Å². The number of benzene rings is 2. The van der Waals surface area contributed by atoms with E-state index in [0.29, 0.717) is 22.2 Å². The molecule has 29 heavy (non-hydrogen) atoms. The molecule has 0 aliphatic carbocycles. The minimum Gasteiger partial charge on any atom is -0.457 e. The van der Waals surface area contributed by atoms with Crippen molar-refractivity contribution in [1.82, 2.24) is 9.97 Å². The summed E-state index contributed by atoms with van der Waals surface area (Å²) in [6, 6.07) is 11.4. The number of aryl methyl sites for hydroxylation is 1. The molecule has 7 nitrogen and oxygen atoms in total. The summed E-state index contributed by atoms with van der Waals surface area (Å²) >= 11 is 0. The fraction of sp³-hybridized carbons (Fsp3) is 0.238. The first-order valence-electron chi connectivity index (χ1n) is 9.13. The van der Waals surface area contributed by atoms with Crippen LogP contribution < -0.4 is 10.5 Å². The summed E-state index contributed by atoms with van der Waals surface area (Å²) in [4.78, 5) is 45.0. The quantitative estimate of drug-likeness (QED) is 0.685. The molecular weight excluding hydrogens is 377 g/mol. The van der Waals surface area contributed by atoms with E-state index in [-0.39, 0.29) is 36.9 Å². The molecule has 1 amide bonds. The number of esters is 1. The molecule has 1 aliphatic rings. The van der Waals surface area contributed by atoms with Gasteiger partial charge in [-0.1, -0.05) is 18.2 Å². The van der Waals surface area contributed by atoms with Gasteiger partial charge in [-0.25, -0.2) is 9.37 Å². The van der Waals surface area contributed by atoms with Crippen molar-refractivity contribution in [2.75, 3.05) is 11.4 Å². The topological polar surface area (TPSA) is 92.4 Å². The first-order valence-corrected chi connectivity index (χ1v) is 9.13. The van der Waals surface area contributed by atoms with Crippen LogP contribution in [0.15, 0.2) is 47.3 Å². The second-order valence-electron chi connectivity index (χ2n) is 6.98. The molecule has 3 aromatic rings. The van der Waals surface area contributed by atoms with Gasteiger partial charge in [-0.3, -0.25) is 14.4 Å². The molecule has 1 fully saturated rings. The van der Waals surface area contributed by atoms with Gasteiger partial charge in [0.25, 0.3) is 5.56 Å². The monoisotopic (exact) mass is 395 g/mol. The first kappa shape index (κ1) is 18.8. The highest BCUT2D eigenvalue weighted by atomic mass is 19.1. The first-order chi connectivity index (χ1) is 13.9. The lowest BCUT2D eigenvalue weighted by Crippen LogP contribution is -2.26. The van der Waals surface area contributed by atoms with Crippen molar-refractivity contribution >= 4 is 28.5 Å². The highest BCUT2D eigenvalue weighted by Gasteiger charge is 2.36. The third kappa shape index (κ3) is 3.73. The van der Waals surface area contributed by atoms with Crippen molar-refractivity contribution in [1.29, 1.82) is 0 Å². The van der Waals surface area contributed by atoms with E-state index in [1.807, 2.05) is 0 Å². The lowest BCUT2D eigenvalue weighted by molar-refractivity contribution is -0.149. The number of anilines is 1. The maximum atomic E-state index is 13.8. The lowest BCUT2D eigenvalue weighted by atomic mass is 10.1. The number of hydrogen-bond acceptors (Lipinski definition) is 5. The molecule has 148 valence electrons. The van der Waals surface area contributed by atoms with Gasteiger partial charge in [-0.15, -0.1) is 0 Å². The number of nitrogens with zero attached hydrogens (tertiary/aromatic N) is 2. The number of halogens is 1. The largest absolute Gasteiger partial charge is 0.457 e. The molecule has 0 radical (unpaired) electrons. The van der Waals surface area contributed by atoms with Crippen LogP contribution >= 0.6 is 0 Å². The van der Waals surface area contributed by atoms with Gasteiger partial charge in [-0.2, -0.15) is 0 Å². The van der Waals surface area contributed by atoms with Gasteiger partial charge in [0.1, 0.15) is 18.2 Å². The number of aromatic nitrogens is 2. The molecule has 1 aliphatic heterocycles. The van der Waals surface area contributed by atoms with E-state index >= 15 is 0 Å². The zero-order valence-electron chi connectivity index (χ0n) is 15.6. The summed E-state index contributed by atoms with van der Waals surface area (Å²) in [5.74, 6) is -1.69. The second kappa shape index (κ2) is 7.46. The summed E-state index contributed by atoms with van der Waals surface area (Å²) < 4.78 is 19.1. The molecule has 0 bridgehead atoms. The smallest absolute Gasteiger partial charge is 0.311 e. The number of H-pyrrole nitrogens is 1. The summed E-state index contributed by atoms with van der Waals surface area (Å²) in [6.07, 6.45) is -0.0179. The van der Waals surface area contributed by atoms with Gasteiger partial charge >= 0.3 is 5.97 Å². The van der Waals surface area contributed by atoms with E-state index in [9.17, 15) is 18.8 Å². The average molecular weight is 395 g/mol. The Kier molecular flexibility index (Phi) is 4.84. The van der Waals surface area contributed by atoms with Crippen molar-refractivity contribution in [2.24, 2.45) is 5.92 Å². The van der Waals surface area contributed by atoms with Crippen LogP contribution in [0.1, 0.15) is 17.8 Å². The summed E-state index contributed by atoms with van der Waals surface area (Å²) in [6.45, 7) is 1.54. The number of hydrogen-bond donors (Lipinski definition) is 1. The number of carbonyl (C=O) groups excluding carboxylic acids is 2. The average Bonchev–Trinajstić information content (AvgIpc) is 3.10. The zero-order valence-corrected chi connectivity index (χ0v) is 15.6. The molecule has 1 atom stereocenters. The Hall–Kier alpha value is -3.55. The number of aromatic amines is 1. The van der Waals surface area contributed by atoms with E-state index in [0.717, 1.165) is 0 Å². The second-order valence-corrected chi connectivity index (χ2v) is 6.98. The maximum Gasteiger partial charge on any atom is 0.311 e. The fourth-order valence-electron chi connectivity index (χ4n) is 3.33. The molecule has 0 unspecified atom stereocenters. The molecule has 2 aromatic carbocycles. The molecule has 4 rings (SSSR count). The number of nitrogens with one attached hydrogen (secondary N) is 1. The molecule has 2 heterocycles. The van der Waals surface area contributed by atoms with Gasteiger partial charge in [0.15, 0.2) is 0 Å². The van der Waals surface area contributed by atoms with Crippen molar-refractivity contribution in [2.45, 2.75) is 20.0 Å². The Morgan fingerprint density at radius 2 is 2.07 bits per heavy atom. The van der Waals surface area contributed by atoms with Crippen LogP contribution in [0.3, 0.4) is 0 Å². The SMILES string of the molecule is Cc1ccc(N2C[C@H](C(=O)OCc3nc4ccccc4c(=O)[nH]3)CC2=O)cc1F. The van der Waals surface area contributed by atoms with Crippen molar-refractivity contribution < 1.29 is 18.7 Å². The summed E-state index contributed by atoms with van der Waals surface area (Å²) in [7, 11) is 0. The molecule has 1 aromatic heterocycles. The molecule has 0 spiro atoms. The van der Waals surface area contributed by atoms with Gasteiger partial charge in [0.05, 0.1) is 16.8 Å². The summed E-state index contributed by atoms with van der Waals surface area (Å²) in [5, 5.41) is 0.449. The molecule has 0 saturated carbocycles. The van der Waals surface area contributed by atoms with Gasteiger partial charge in [0.2, 0.25) is 5.91 Å². The van der Waals surface area contributed by atoms with Crippen LogP contribution in [-0.4, -0.2) is 28.4 Å². The predicted molar refractivity (Wildman–Crippen MR) is 104 cm³/mol. The van der Waals surface area contributed by atoms with Crippen molar-refractivity contribution in [3.05, 3.63) is 70.0 Å². The Morgan fingerprint density at radius 1 is 1.28 bits per heavy atom. The Balaban J connectivity index is 1.43. The van der Waals surface area contributed by atoms with Crippen LogP contribution in [0, 0.1) is 18.7 Å². The van der Waals surface area contributed by atoms with Gasteiger partial charge < -0.3 is 14.6 Å². The van der Waals surface area contributed by atoms with Gasteiger partial charge in [-0.05, 0) is 36.8 Å². The highest BCUT2D eigenvalue weighted by molar-refractivity contribution is 5.99. The molecule has 1 N–H and O–H groups in total. The molecule has 8 heteroatoms. The normalized spacial score (nSPS) is 16.4. The van der Waals surface area contributed by atoms with E-state index in [4.69, 9.17) is 4.74 Å². The Labute approximate surface area is 165 Å². The van der Waals surface area contributed by atoms with Crippen molar-refractivity contribution in [3.63, 3.8) is 0 Å². The van der Waals surface area contributed by atoms with E-state index in [1.165, 1.54) is 11.0 Å².